The maximum Gasteiger partial charge on any atom is 0.318 e. The van der Waals surface area contributed by atoms with Crippen molar-refractivity contribution in [1.82, 2.24) is 4.72 Å². The van der Waals surface area contributed by atoms with Gasteiger partial charge in [0.15, 0.2) is 0 Å². The first kappa shape index (κ1) is 18.9. The lowest BCUT2D eigenvalue weighted by Gasteiger charge is -2.05. The quantitative estimate of drug-likeness (QED) is 0.783. The van der Waals surface area contributed by atoms with E-state index in [1.54, 1.807) is 48.5 Å². The topological polar surface area (TPSA) is 86.6 Å². The number of aliphatic carboxylic acids is 1. The zero-order valence-corrected chi connectivity index (χ0v) is 14.0. The molecule has 3 N–H and O–H groups in total. The van der Waals surface area contributed by atoms with Crippen LogP contribution in [0.4, 0.5) is 0 Å². The van der Waals surface area contributed by atoms with Gasteiger partial charge in [-0.2, -0.15) is 0 Å². The van der Waals surface area contributed by atoms with Crippen LogP contribution in [0, 0.1) is 0 Å². The second-order valence-electron chi connectivity index (χ2n) is 4.76. The summed E-state index contributed by atoms with van der Waals surface area (Å²) in [4.78, 5) is 10.9. The van der Waals surface area contributed by atoms with Gasteiger partial charge in [0.1, 0.15) is 23.3 Å². The molecule has 0 bridgehead atoms. The molecule has 0 fully saturated rings. The fourth-order valence-electron chi connectivity index (χ4n) is 1.64. The number of rotatable bonds is 5. The van der Waals surface area contributed by atoms with E-state index in [4.69, 9.17) is 5.11 Å². The van der Waals surface area contributed by atoms with Crippen LogP contribution in [-0.4, -0.2) is 26.9 Å². The van der Waals surface area contributed by atoms with E-state index in [2.05, 4.69) is 18.6 Å². The van der Waals surface area contributed by atoms with E-state index in [-0.39, 0.29) is 12.3 Å². The number of carboxylic acid groups (broad SMARTS) is 1. The molecule has 0 aliphatic carbocycles. The first-order chi connectivity index (χ1) is 11.0. The SMILES string of the molecule is CCC.O=C(O)CNS(=O)c1ccc(-c2ccc(O)cc2)cc1. The number of carboxylic acids is 1. The Bertz CT molecular complexity index is 639. The monoisotopic (exact) mass is 335 g/mol. The molecule has 2 aromatic carbocycles. The van der Waals surface area contributed by atoms with Gasteiger partial charge in [-0.25, -0.2) is 8.93 Å². The molecule has 23 heavy (non-hydrogen) atoms. The number of aromatic hydroxyl groups is 1. The largest absolute Gasteiger partial charge is 0.508 e. The van der Waals surface area contributed by atoms with Gasteiger partial charge in [-0.3, -0.25) is 4.79 Å². The van der Waals surface area contributed by atoms with E-state index < -0.39 is 17.0 Å². The zero-order chi connectivity index (χ0) is 17.2. The van der Waals surface area contributed by atoms with Crippen LogP contribution in [0.2, 0.25) is 0 Å². The summed E-state index contributed by atoms with van der Waals surface area (Å²) in [5.41, 5.74) is 1.85. The number of carbonyl (C=O) groups is 1. The average Bonchev–Trinajstić information content (AvgIpc) is 2.54. The van der Waals surface area contributed by atoms with Crippen molar-refractivity contribution in [3.63, 3.8) is 0 Å². The summed E-state index contributed by atoms with van der Waals surface area (Å²) in [5, 5.41) is 17.7. The van der Waals surface area contributed by atoms with Gasteiger partial charge in [0.05, 0.1) is 4.90 Å². The van der Waals surface area contributed by atoms with Crippen LogP contribution in [0.3, 0.4) is 0 Å². The van der Waals surface area contributed by atoms with Crippen molar-refractivity contribution in [2.75, 3.05) is 6.54 Å². The Hall–Kier alpha value is -2.18. The smallest absolute Gasteiger partial charge is 0.318 e. The minimum Gasteiger partial charge on any atom is -0.508 e. The van der Waals surface area contributed by atoms with E-state index >= 15 is 0 Å². The first-order valence-corrected chi connectivity index (χ1v) is 8.39. The van der Waals surface area contributed by atoms with Crippen molar-refractivity contribution in [3.8, 4) is 16.9 Å². The highest BCUT2D eigenvalue weighted by Crippen LogP contribution is 2.22. The third kappa shape index (κ3) is 6.63. The van der Waals surface area contributed by atoms with Gasteiger partial charge in [-0.15, -0.1) is 0 Å². The molecule has 6 heteroatoms. The Morgan fingerprint density at radius 2 is 1.43 bits per heavy atom. The van der Waals surface area contributed by atoms with Crippen LogP contribution in [0.15, 0.2) is 53.4 Å². The van der Waals surface area contributed by atoms with Crippen LogP contribution in [0.25, 0.3) is 11.1 Å². The molecule has 1 unspecified atom stereocenters. The Balaban J connectivity index is 0.000000816. The number of hydrogen-bond acceptors (Lipinski definition) is 3. The van der Waals surface area contributed by atoms with E-state index in [0.717, 1.165) is 11.1 Å². The van der Waals surface area contributed by atoms with Gasteiger partial charge in [-0.05, 0) is 35.4 Å². The summed E-state index contributed by atoms with van der Waals surface area (Å²) in [6.07, 6.45) is 1.25. The molecule has 0 aliphatic heterocycles. The summed E-state index contributed by atoms with van der Waals surface area (Å²) in [6.45, 7) is 3.90. The van der Waals surface area contributed by atoms with Crippen LogP contribution in [-0.2, 0) is 15.8 Å². The molecule has 0 aliphatic rings. The van der Waals surface area contributed by atoms with Crippen molar-refractivity contribution >= 4 is 17.0 Å². The Kier molecular flexibility index (Phi) is 8.01. The molecule has 0 heterocycles. The van der Waals surface area contributed by atoms with Crippen molar-refractivity contribution in [2.45, 2.75) is 25.2 Å². The summed E-state index contributed by atoms with van der Waals surface area (Å²) < 4.78 is 14.1. The van der Waals surface area contributed by atoms with Gasteiger partial charge < -0.3 is 10.2 Å². The fourth-order valence-corrected chi connectivity index (χ4v) is 2.44. The number of phenols is 1. The average molecular weight is 335 g/mol. The third-order valence-electron chi connectivity index (χ3n) is 2.62. The summed E-state index contributed by atoms with van der Waals surface area (Å²) in [5.74, 6) is -0.858. The van der Waals surface area contributed by atoms with E-state index in [1.807, 2.05) is 0 Å². The number of benzene rings is 2. The molecule has 0 saturated carbocycles. The number of phenolic OH excluding ortho intramolecular Hbond substituents is 1. The Morgan fingerprint density at radius 3 is 1.87 bits per heavy atom. The molecule has 124 valence electrons. The predicted octanol–water partition coefficient (Wildman–Crippen LogP) is 3.17. The summed E-state index contributed by atoms with van der Waals surface area (Å²) in [6, 6.07) is 13.7. The van der Waals surface area contributed by atoms with Crippen LogP contribution in [0.5, 0.6) is 5.75 Å². The maximum absolute atomic E-state index is 11.7. The van der Waals surface area contributed by atoms with Crippen molar-refractivity contribution < 1.29 is 19.2 Å². The van der Waals surface area contributed by atoms with Crippen LogP contribution in [0.1, 0.15) is 20.3 Å². The summed E-state index contributed by atoms with van der Waals surface area (Å²) in [7, 11) is -1.54. The highest BCUT2D eigenvalue weighted by Gasteiger charge is 2.06. The van der Waals surface area contributed by atoms with E-state index in [1.165, 1.54) is 6.42 Å². The third-order valence-corrected chi connectivity index (χ3v) is 3.73. The molecule has 2 aromatic rings. The molecular formula is C17H21NO4S. The standard InChI is InChI=1S/C14H13NO4S.C3H8/c16-12-5-1-10(2-6-12)11-3-7-13(8-4-11)20(19)15-9-14(17)18;1-3-2/h1-8,15-16H,9H2,(H,17,18);3H2,1-2H3. The Morgan fingerprint density at radius 1 is 1.00 bits per heavy atom. The van der Waals surface area contributed by atoms with Crippen LogP contribution < -0.4 is 4.72 Å². The molecule has 0 radical (unpaired) electrons. The van der Waals surface area contributed by atoms with Gasteiger partial charge in [0.25, 0.3) is 0 Å². The molecule has 0 aromatic heterocycles. The highest BCUT2D eigenvalue weighted by atomic mass is 32.2. The molecular weight excluding hydrogens is 314 g/mol. The highest BCUT2D eigenvalue weighted by molar-refractivity contribution is 7.83. The van der Waals surface area contributed by atoms with Crippen molar-refractivity contribution in [1.29, 1.82) is 0 Å². The predicted molar refractivity (Wildman–Crippen MR) is 91.6 cm³/mol. The van der Waals surface area contributed by atoms with Gasteiger partial charge in [0, 0.05) is 0 Å². The minimum absolute atomic E-state index is 0.198. The van der Waals surface area contributed by atoms with E-state index in [9.17, 15) is 14.1 Å². The molecule has 2 rings (SSSR count). The molecule has 5 nitrogen and oxygen atoms in total. The molecule has 0 saturated heterocycles. The normalized spacial score (nSPS) is 11.2. The number of hydrogen-bond donors (Lipinski definition) is 3. The van der Waals surface area contributed by atoms with Crippen molar-refractivity contribution in [3.05, 3.63) is 48.5 Å². The lowest BCUT2D eigenvalue weighted by atomic mass is 10.1. The molecule has 0 spiro atoms. The Labute approximate surface area is 138 Å². The van der Waals surface area contributed by atoms with Gasteiger partial charge in [0.2, 0.25) is 0 Å². The lowest BCUT2D eigenvalue weighted by Crippen LogP contribution is -2.24. The van der Waals surface area contributed by atoms with Crippen LogP contribution >= 0.6 is 0 Å². The van der Waals surface area contributed by atoms with Crippen molar-refractivity contribution in [2.24, 2.45) is 0 Å². The van der Waals surface area contributed by atoms with Gasteiger partial charge >= 0.3 is 5.97 Å². The number of nitrogens with one attached hydrogen (secondary N) is 1. The fraction of sp³-hybridized carbons (Fsp3) is 0.235. The maximum atomic E-state index is 11.7. The molecule has 0 amide bonds. The molecule has 1 atom stereocenters. The first-order valence-electron chi connectivity index (χ1n) is 7.24. The second kappa shape index (κ2) is 9.76. The van der Waals surface area contributed by atoms with E-state index in [0.29, 0.717) is 4.90 Å². The summed E-state index contributed by atoms with van der Waals surface area (Å²) >= 11 is 0. The lowest BCUT2D eigenvalue weighted by molar-refractivity contribution is -0.135. The minimum atomic E-state index is -1.54. The second-order valence-corrected chi connectivity index (χ2v) is 6.06. The zero-order valence-electron chi connectivity index (χ0n) is 13.2. The van der Waals surface area contributed by atoms with Gasteiger partial charge in [-0.1, -0.05) is 44.5 Å².